The first-order chi connectivity index (χ1) is 13.2. The van der Waals surface area contributed by atoms with Crippen LogP contribution < -0.4 is 0 Å². The lowest BCUT2D eigenvalue weighted by atomic mass is 10.1. The van der Waals surface area contributed by atoms with Gasteiger partial charge < -0.3 is 4.90 Å². The van der Waals surface area contributed by atoms with Crippen molar-refractivity contribution in [3.63, 3.8) is 0 Å². The van der Waals surface area contributed by atoms with Crippen LogP contribution >= 0.6 is 0 Å². The van der Waals surface area contributed by atoms with E-state index < -0.39 is 27.5 Å². The van der Waals surface area contributed by atoms with E-state index in [1.807, 2.05) is 18.2 Å². The third-order valence-electron chi connectivity index (χ3n) is 4.89. The number of piperazine rings is 1. The van der Waals surface area contributed by atoms with E-state index in [4.69, 9.17) is 0 Å². The molecule has 152 valence electrons. The SMILES string of the molecule is O=S(=O)(Cc1cccc(C(F)(F)F)c1)N1CCN(CCc2ccccc2)CC1. The molecular formula is C20H23F3N2O2S. The summed E-state index contributed by atoms with van der Waals surface area (Å²) in [6, 6.07) is 14.6. The van der Waals surface area contributed by atoms with Gasteiger partial charge in [-0.15, -0.1) is 0 Å². The van der Waals surface area contributed by atoms with Crippen molar-refractivity contribution in [3.8, 4) is 0 Å². The van der Waals surface area contributed by atoms with Gasteiger partial charge in [-0.1, -0.05) is 48.5 Å². The van der Waals surface area contributed by atoms with E-state index in [0.717, 1.165) is 25.1 Å². The molecule has 0 saturated carbocycles. The molecule has 0 amide bonds. The quantitative estimate of drug-likeness (QED) is 0.730. The third-order valence-corrected chi connectivity index (χ3v) is 6.74. The summed E-state index contributed by atoms with van der Waals surface area (Å²) in [5.74, 6) is -0.416. The highest BCUT2D eigenvalue weighted by Gasteiger charge is 2.31. The van der Waals surface area contributed by atoms with Crippen molar-refractivity contribution in [2.75, 3.05) is 32.7 Å². The molecule has 1 heterocycles. The highest BCUT2D eigenvalue weighted by atomic mass is 32.2. The van der Waals surface area contributed by atoms with Crippen LogP contribution in [0.15, 0.2) is 54.6 Å². The van der Waals surface area contributed by atoms with E-state index >= 15 is 0 Å². The van der Waals surface area contributed by atoms with Gasteiger partial charge in [0.05, 0.1) is 11.3 Å². The summed E-state index contributed by atoms with van der Waals surface area (Å²) in [4.78, 5) is 2.21. The molecule has 0 N–H and O–H groups in total. The molecule has 4 nitrogen and oxygen atoms in total. The molecule has 8 heteroatoms. The summed E-state index contributed by atoms with van der Waals surface area (Å²) in [7, 11) is -3.65. The lowest BCUT2D eigenvalue weighted by Crippen LogP contribution is -2.49. The van der Waals surface area contributed by atoms with Gasteiger partial charge in [0.25, 0.3) is 0 Å². The molecule has 1 saturated heterocycles. The van der Waals surface area contributed by atoms with Crippen LogP contribution in [-0.2, 0) is 28.4 Å². The molecule has 0 spiro atoms. The molecule has 0 radical (unpaired) electrons. The number of hydrogen-bond acceptors (Lipinski definition) is 3. The molecular weight excluding hydrogens is 389 g/mol. The fourth-order valence-electron chi connectivity index (χ4n) is 3.30. The fraction of sp³-hybridized carbons (Fsp3) is 0.400. The Morgan fingerprint density at radius 2 is 1.50 bits per heavy atom. The van der Waals surface area contributed by atoms with Crippen molar-refractivity contribution in [1.29, 1.82) is 0 Å². The van der Waals surface area contributed by atoms with E-state index in [0.29, 0.717) is 26.2 Å². The number of benzene rings is 2. The van der Waals surface area contributed by atoms with Crippen LogP contribution in [-0.4, -0.2) is 50.3 Å². The van der Waals surface area contributed by atoms with Crippen molar-refractivity contribution in [3.05, 3.63) is 71.3 Å². The fourth-order valence-corrected chi connectivity index (χ4v) is 4.81. The smallest absolute Gasteiger partial charge is 0.300 e. The van der Waals surface area contributed by atoms with Crippen LogP contribution in [0.1, 0.15) is 16.7 Å². The zero-order chi connectivity index (χ0) is 20.2. The Bertz CT molecular complexity index is 878. The Labute approximate surface area is 163 Å². The second-order valence-electron chi connectivity index (χ2n) is 6.93. The molecule has 28 heavy (non-hydrogen) atoms. The van der Waals surface area contributed by atoms with Gasteiger partial charge in [0.2, 0.25) is 10.0 Å². The van der Waals surface area contributed by atoms with Gasteiger partial charge in [0.1, 0.15) is 0 Å². The van der Waals surface area contributed by atoms with Gasteiger partial charge in [-0.3, -0.25) is 0 Å². The zero-order valence-electron chi connectivity index (χ0n) is 15.4. The second-order valence-corrected chi connectivity index (χ2v) is 8.90. The molecule has 1 fully saturated rings. The summed E-state index contributed by atoms with van der Waals surface area (Å²) in [6.07, 6.45) is -3.58. The average molecular weight is 412 g/mol. The maximum Gasteiger partial charge on any atom is 0.416 e. The molecule has 2 aromatic carbocycles. The first kappa shape index (κ1) is 20.8. The van der Waals surface area contributed by atoms with Crippen molar-refractivity contribution < 1.29 is 21.6 Å². The maximum atomic E-state index is 12.8. The number of halogens is 3. The topological polar surface area (TPSA) is 40.6 Å². The van der Waals surface area contributed by atoms with Gasteiger partial charge in [-0.2, -0.15) is 17.5 Å². The highest BCUT2D eigenvalue weighted by molar-refractivity contribution is 7.88. The summed E-state index contributed by atoms with van der Waals surface area (Å²) in [5, 5.41) is 0. The van der Waals surface area contributed by atoms with Crippen molar-refractivity contribution in [1.82, 2.24) is 9.21 Å². The Balaban J connectivity index is 1.54. The van der Waals surface area contributed by atoms with Crippen LogP contribution in [0.4, 0.5) is 13.2 Å². The van der Waals surface area contributed by atoms with E-state index in [9.17, 15) is 21.6 Å². The summed E-state index contributed by atoms with van der Waals surface area (Å²) < 4.78 is 65.1. The van der Waals surface area contributed by atoms with Crippen molar-refractivity contribution >= 4 is 10.0 Å². The van der Waals surface area contributed by atoms with Crippen molar-refractivity contribution in [2.45, 2.75) is 18.3 Å². The highest BCUT2D eigenvalue weighted by Crippen LogP contribution is 2.30. The van der Waals surface area contributed by atoms with E-state index in [1.54, 1.807) is 0 Å². The van der Waals surface area contributed by atoms with Crippen LogP contribution in [0, 0.1) is 0 Å². The summed E-state index contributed by atoms with van der Waals surface area (Å²) >= 11 is 0. The monoisotopic (exact) mass is 412 g/mol. The number of hydrogen-bond donors (Lipinski definition) is 0. The second kappa shape index (κ2) is 8.63. The predicted molar refractivity (Wildman–Crippen MR) is 102 cm³/mol. The number of nitrogens with zero attached hydrogens (tertiary/aromatic N) is 2. The molecule has 0 bridgehead atoms. The van der Waals surface area contributed by atoms with Crippen LogP contribution in [0.5, 0.6) is 0 Å². The molecule has 0 aliphatic carbocycles. The zero-order valence-corrected chi connectivity index (χ0v) is 16.2. The molecule has 2 aromatic rings. The van der Waals surface area contributed by atoms with Crippen molar-refractivity contribution in [2.24, 2.45) is 0 Å². The number of rotatable bonds is 6. The Kier molecular flexibility index (Phi) is 6.42. The molecule has 1 aliphatic heterocycles. The third kappa shape index (κ3) is 5.56. The number of sulfonamides is 1. The normalized spacial score (nSPS) is 17.0. The molecule has 0 aromatic heterocycles. The first-order valence-electron chi connectivity index (χ1n) is 9.14. The van der Waals surface area contributed by atoms with Crippen LogP contribution in [0.2, 0.25) is 0 Å². The molecule has 3 rings (SSSR count). The van der Waals surface area contributed by atoms with Gasteiger partial charge in [-0.05, 0) is 23.6 Å². The summed E-state index contributed by atoms with van der Waals surface area (Å²) in [6.45, 7) is 2.81. The van der Waals surface area contributed by atoms with Crippen LogP contribution in [0.25, 0.3) is 0 Å². The van der Waals surface area contributed by atoms with Gasteiger partial charge in [-0.25, -0.2) is 8.42 Å². The minimum Gasteiger partial charge on any atom is -0.300 e. The predicted octanol–water partition coefficient (Wildman–Crippen LogP) is 3.40. The largest absolute Gasteiger partial charge is 0.416 e. The lowest BCUT2D eigenvalue weighted by molar-refractivity contribution is -0.137. The lowest BCUT2D eigenvalue weighted by Gasteiger charge is -2.34. The minimum atomic E-state index is -4.48. The van der Waals surface area contributed by atoms with E-state index in [1.165, 1.54) is 22.0 Å². The Hall–Kier alpha value is -1.90. The maximum absolute atomic E-state index is 12.8. The standard InChI is InChI=1S/C20H23F3N2O2S/c21-20(22,23)19-8-4-7-18(15-19)16-28(26,27)25-13-11-24(12-14-25)10-9-17-5-2-1-3-6-17/h1-8,15H,9-14,16H2. The number of alkyl halides is 3. The minimum absolute atomic E-state index is 0.154. The van der Waals surface area contributed by atoms with Gasteiger partial charge in [0, 0.05) is 32.7 Å². The Morgan fingerprint density at radius 1 is 0.857 bits per heavy atom. The van der Waals surface area contributed by atoms with Crippen LogP contribution in [0.3, 0.4) is 0 Å². The molecule has 1 aliphatic rings. The Morgan fingerprint density at radius 3 is 2.14 bits per heavy atom. The van der Waals surface area contributed by atoms with Gasteiger partial charge >= 0.3 is 6.18 Å². The molecule has 0 unspecified atom stereocenters. The average Bonchev–Trinajstić information content (AvgIpc) is 2.67. The van der Waals surface area contributed by atoms with E-state index in [2.05, 4.69) is 17.0 Å². The van der Waals surface area contributed by atoms with E-state index in [-0.39, 0.29) is 5.56 Å². The molecule has 0 atom stereocenters. The summed E-state index contributed by atoms with van der Waals surface area (Å²) in [5.41, 5.74) is 0.564. The first-order valence-corrected chi connectivity index (χ1v) is 10.8. The van der Waals surface area contributed by atoms with Gasteiger partial charge in [0.15, 0.2) is 0 Å².